The van der Waals surface area contributed by atoms with Crippen LogP contribution in [0.5, 0.6) is 0 Å². The summed E-state index contributed by atoms with van der Waals surface area (Å²) in [4.78, 5) is 42.6. The van der Waals surface area contributed by atoms with Crippen LogP contribution in [0.25, 0.3) is 11.4 Å². The zero-order valence-electron chi connectivity index (χ0n) is 20.2. The minimum absolute atomic E-state index is 0.0256. The van der Waals surface area contributed by atoms with Gasteiger partial charge in [0.05, 0.1) is 18.3 Å². The molecule has 3 rings (SSSR count). The van der Waals surface area contributed by atoms with Crippen molar-refractivity contribution < 1.29 is 23.8 Å². The zero-order valence-corrected chi connectivity index (χ0v) is 20.2. The van der Waals surface area contributed by atoms with Gasteiger partial charge in [-0.1, -0.05) is 44.2 Å². The SMILES string of the molecule is CC(C)C(NC(=O)Cn1c(-c2ccc(F)cc2)ncc(NC(=O)OCc2ccccc2)c1=O)C(O)C#N. The van der Waals surface area contributed by atoms with Gasteiger partial charge in [0.15, 0.2) is 6.10 Å². The first-order valence-corrected chi connectivity index (χ1v) is 11.4. The van der Waals surface area contributed by atoms with E-state index in [1.54, 1.807) is 44.2 Å². The number of nitrogens with zero attached hydrogens (tertiary/aromatic N) is 3. The lowest BCUT2D eigenvalue weighted by Gasteiger charge is -2.24. The Kier molecular flexibility index (Phi) is 9.07. The average molecular weight is 508 g/mol. The molecular weight excluding hydrogens is 481 g/mol. The first-order chi connectivity index (χ1) is 17.7. The normalized spacial score (nSPS) is 12.3. The van der Waals surface area contributed by atoms with Gasteiger partial charge in [0.25, 0.3) is 5.56 Å². The van der Waals surface area contributed by atoms with Crippen molar-refractivity contribution >= 4 is 17.7 Å². The van der Waals surface area contributed by atoms with Crippen LogP contribution in [0.4, 0.5) is 14.9 Å². The van der Waals surface area contributed by atoms with Crippen LogP contribution < -0.4 is 16.2 Å². The van der Waals surface area contributed by atoms with Crippen molar-refractivity contribution in [1.82, 2.24) is 14.9 Å². The fourth-order valence-electron chi connectivity index (χ4n) is 3.49. The van der Waals surface area contributed by atoms with Crippen LogP contribution in [0.1, 0.15) is 19.4 Å². The molecular formula is C26H26FN5O5. The molecule has 0 saturated heterocycles. The molecule has 2 unspecified atom stereocenters. The molecule has 10 nitrogen and oxygen atoms in total. The fraction of sp³-hybridized carbons (Fsp3) is 0.269. The van der Waals surface area contributed by atoms with Gasteiger partial charge in [-0.05, 0) is 35.7 Å². The number of carbonyl (C=O) groups is 2. The number of nitriles is 1. The summed E-state index contributed by atoms with van der Waals surface area (Å²) in [5, 5.41) is 23.9. The Morgan fingerprint density at radius 1 is 1.16 bits per heavy atom. The third-order valence-electron chi connectivity index (χ3n) is 5.42. The van der Waals surface area contributed by atoms with Crippen molar-refractivity contribution in [3.8, 4) is 17.5 Å². The average Bonchev–Trinajstić information content (AvgIpc) is 2.89. The minimum atomic E-state index is -1.46. The van der Waals surface area contributed by atoms with E-state index in [-0.39, 0.29) is 24.0 Å². The van der Waals surface area contributed by atoms with Gasteiger partial charge in [0.1, 0.15) is 30.5 Å². The molecule has 192 valence electrons. The number of aliphatic hydroxyl groups excluding tert-OH is 1. The van der Waals surface area contributed by atoms with Crippen LogP contribution >= 0.6 is 0 Å². The van der Waals surface area contributed by atoms with Crippen molar-refractivity contribution in [2.24, 2.45) is 5.92 Å². The van der Waals surface area contributed by atoms with Crippen molar-refractivity contribution in [3.05, 3.63) is 82.5 Å². The van der Waals surface area contributed by atoms with E-state index in [9.17, 15) is 23.9 Å². The van der Waals surface area contributed by atoms with E-state index in [1.807, 2.05) is 6.07 Å². The van der Waals surface area contributed by atoms with Crippen molar-refractivity contribution in [1.29, 1.82) is 5.26 Å². The summed E-state index contributed by atoms with van der Waals surface area (Å²) in [6, 6.07) is 14.9. The van der Waals surface area contributed by atoms with Gasteiger partial charge in [0.2, 0.25) is 5.91 Å². The van der Waals surface area contributed by atoms with Crippen LogP contribution in [0.3, 0.4) is 0 Å². The minimum Gasteiger partial charge on any atom is -0.444 e. The van der Waals surface area contributed by atoms with Crippen LogP contribution in [-0.2, 0) is 22.7 Å². The number of rotatable bonds is 9. The summed E-state index contributed by atoms with van der Waals surface area (Å²) in [6.07, 6.45) is -1.23. The highest BCUT2D eigenvalue weighted by molar-refractivity contribution is 5.84. The Bertz CT molecular complexity index is 1340. The molecule has 1 aromatic heterocycles. The number of anilines is 1. The smallest absolute Gasteiger partial charge is 0.412 e. The molecule has 2 aromatic carbocycles. The second kappa shape index (κ2) is 12.4. The van der Waals surface area contributed by atoms with Crippen LogP contribution in [0.15, 0.2) is 65.6 Å². The lowest BCUT2D eigenvalue weighted by molar-refractivity contribution is -0.123. The van der Waals surface area contributed by atoms with Gasteiger partial charge in [-0.3, -0.25) is 19.5 Å². The number of benzene rings is 2. The van der Waals surface area contributed by atoms with Crippen molar-refractivity contribution in [2.75, 3.05) is 5.32 Å². The molecule has 0 fully saturated rings. The van der Waals surface area contributed by atoms with Gasteiger partial charge in [-0.25, -0.2) is 14.2 Å². The molecule has 37 heavy (non-hydrogen) atoms. The molecule has 0 saturated carbocycles. The maximum absolute atomic E-state index is 13.5. The highest BCUT2D eigenvalue weighted by atomic mass is 19.1. The highest BCUT2D eigenvalue weighted by Gasteiger charge is 2.25. The lowest BCUT2D eigenvalue weighted by atomic mass is 9.99. The third kappa shape index (κ3) is 7.22. The summed E-state index contributed by atoms with van der Waals surface area (Å²) in [5.41, 5.74) is 0.0926. The summed E-state index contributed by atoms with van der Waals surface area (Å²) < 4.78 is 19.6. The van der Waals surface area contributed by atoms with Gasteiger partial charge >= 0.3 is 6.09 Å². The number of nitrogens with one attached hydrogen (secondary N) is 2. The number of carbonyl (C=O) groups excluding carboxylic acids is 2. The number of amides is 2. The predicted octanol–water partition coefficient (Wildman–Crippen LogP) is 2.82. The monoisotopic (exact) mass is 507 g/mol. The lowest BCUT2D eigenvalue weighted by Crippen LogP contribution is -2.48. The van der Waals surface area contributed by atoms with Crippen LogP contribution in [-0.4, -0.2) is 38.8 Å². The molecule has 1 heterocycles. The predicted molar refractivity (Wildman–Crippen MR) is 133 cm³/mol. The first kappa shape index (κ1) is 27.0. The number of halogens is 1. The van der Waals surface area contributed by atoms with E-state index >= 15 is 0 Å². The number of ether oxygens (including phenoxy) is 1. The zero-order chi connectivity index (χ0) is 26.9. The van der Waals surface area contributed by atoms with Crippen LogP contribution in [0.2, 0.25) is 0 Å². The quantitative estimate of drug-likeness (QED) is 0.378. The molecule has 11 heteroatoms. The molecule has 2 atom stereocenters. The molecule has 2 amide bonds. The topological polar surface area (TPSA) is 146 Å². The standard InChI is InChI=1S/C26H26FN5O5/c1-16(2)23(21(33)12-28)31-22(34)14-32-24(18-8-10-19(27)11-9-18)29-13-20(25(32)35)30-26(36)37-15-17-6-4-3-5-7-17/h3-11,13,16,21,23,33H,14-15H2,1-2H3,(H,30,36)(H,31,34). The van der Waals surface area contributed by atoms with Gasteiger partial charge < -0.3 is 15.2 Å². The van der Waals surface area contributed by atoms with E-state index in [0.717, 1.165) is 16.3 Å². The first-order valence-electron chi connectivity index (χ1n) is 11.4. The summed E-state index contributed by atoms with van der Waals surface area (Å²) >= 11 is 0. The van der Waals surface area contributed by atoms with E-state index in [1.165, 1.54) is 24.3 Å². The Morgan fingerprint density at radius 3 is 2.46 bits per heavy atom. The third-order valence-corrected chi connectivity index (χ3v) is 5.42. The molecule has 0 spiro atoms. The van der Waals surface area contributed by atoms with E-state index in [2.05, 4.69) is 15.6 Å². The molecule has 0 aliphatic rings. The maximum atomic E-state index is 13.5. The Balaban J connectivity index is 1.88. The Labute approximate surface area is 212 Å². The van der Waals surface area contributed by atoms with Gasteiger partial charge in [-0.15, -0.1) is 0 Å². The summed E-state index contributed by atoms with van der Waals surface area (Å²) in [6.45, 7) is 2.86. The fourth-order valence-corrected chi connectivity index (χ4v) is 3.49. The van der Waals surface area contributed by atoms with Crippen molar-refractivity contribution in [2.45, 2.75) is 39.1 Å². The van der Waals surface area contributed by atoms with E-state index < -0.39 is 42.1 Å². The van der Waals surface area contributed by atoms with E-state index in [0.29, 0.717) is 5.56 Å². The van der Waals surface area contributed by atoms with Gasteiger partial charge in [-0.2, -0.15) is 5.26 Å². The molecule has 0 aliphatic heterocycles. The Hall–Kier alpha value is -4.56. The Morgan fingerprint density at radius 2 is 1.84 bits per heavy atom. The number of hydrogen-bond donors (Lipinski definition) is 3. The second-order valence-corrected chi connectivity index (χ2v) is 8.49. The number of aliphatic hydroxyl groups is 1. The van der Waals surface area contributed by atoms with Crippen molar-refractivity contribution in [3.63, 3.8) is 0 Å². The number of hydrogen-bond acceptors (Lipinski definition) is 7. The molecule has 0 aliphatic carbocycles. The summed E-state index contributed by atoms with van der Waals surface area (Å²) in [7, 11) is 0. The second-order valence-electron chi connectivity index (χ2n) is 8.49. The van der Waals surface area contributed by atoms with E-state index in [4.69, 9.17) is 10.00 Å². The largest absolute Gasteiger partial charge is 0.444 e. The molecule has 0 radical (unpaired) electrons. The molecule has 0 bridgehead atoms. The maximum Gasteiger partial charge on any atom is 0.412 e. The summed E-state index contributed by atoms with van der Waals surface area (Å²) in [5.74, 6) is -1.41. The highest BCUT2D eigenvalue weighted by Crippen LogP contribution is 2.18. The molecule has 3 N–H and O–H groups in total. The number of aromatic nitrogens is 2. The van der Waals surface area contributed by atoms with Crippen LogP contribution in [0, 0.1) is 23.1 Å². The molecule has 3 aromatic rings. The van der Waals surface area contributed by atoms with Gasteiger partial charge in [0, 0.05) is 5.56 Å².